The van der Waals surface area contributed by atoms with Crippen LogP contribution in [0, 0.1) is 0 Å². The summed E-state index contributed by atoms with van der Waals surface area (Å²) in [4.78, 5) is 6.49. The van der Waals surface area contributed by atoms with Gasteiger partial charge in [-0.2, -0.15) is 0 Å². The van der Waals surface area contributed by atoms with Crippen molar-refractivity contribution in [3.05, 3.63) is 29.8 Å². The minimum absolute atomic E-state index is 0.594. The molecule has 1 fully saturated rings. The Balaban J connectivity index is 1.85. The third kappa shape index (κ3) is 4.42. The van der Waals surface area contributed by atoms with Crippen molar-refractivity contribution in [1.29, 1.82) is 0 Å². The standard InChI is InChI=1S/C15H23N3O2/c1-2-9-20-14-5-3-13(4-6-14)12-17-15(16)18-7-10-19-11-8-18/h3-6H,2,7-12H2,1H3,(H2,16,17). The molecule has 5 nitrogen and oxygen atoms in total. The molecule has 0 amide bonds. The largest absolute Gasteiger partial charge is 0.494 e. The van der Waals surface area contributed by atoms with Gasteiger partial charge in [-0.15, -0.1) is 0 Å². The molecule has 1 aliphatic heterocycles. The second-order valence-electron chi connectivity index (χ2n) is 4.77. The van der Waals surface area contributed by atoms with Crippen LogP contribution in [0.15, 0.2) is 29.3 Å². The summed E-state index contributed by atoms with van der Waals surface area (Å²) in [5.74, 6) is 1.50. The van der Waals surface area contributed by atoms with Gasteiger partial charge in [0.15, 0.2) is 5.96 Å². The van der Waals surface area contributed by atoms with Gasteiger partial charge < -0.3 is 20.1 Å². The highest BCUT2D eigenvalue weighted by molar-refractivity contribution is 5.78. The third-order valence-electron chi connectivity index (χ3n) is 3.15. The van der Waals surface area contributed by atoms with Crippen molar-refractivity contribution in [2.24, 2.45) is 10.7 Å². The number of hydrogen-bond donors (Lipinski definition) is 1. The first-order valence-electron chi connectivity index (χ1n) is 7.14. The Bertz CT molecular complexity index is 425. The summed E-state index contributed by atoms with van der Waals surface area (Å²) < 4.78 is 10.8. The quantitative estimate of drug-likeness (QED) is 0.656. The number of aliphatic imine (C=N–C) groups is 1. The fourth-order valence-electron chi connectivity index (χ4n) is 1.98. The van der Waals surface area contributed by atoms with Crippen LogP contribution in [-0.2, 0) is 11.3 Å². The molecule has 20 heavy (non-hydrogen) atoms. The highest BCUT2D eigenvalue weighted by Crippen LogP contribution is 2.13. The van der Waals surface area contributed by atoms with Gasteiger partial charge in [0.25, 0.3) is 0 Å². The van der Waals surface area contributed by atoms with Crippen LogP contribution in [-0.4, -0.2) is 43.8 Å². The highest BCUT2D eigenvalue weighted by Gasteiger charge is 2.11. The maximum absolute atomic E-state index is 5.99. The molecule has 0 aliphatic carbocycles. The molecule has 1 heterocycles. The molecule has 0 bridgehead atoms. The number of morpholine rings is 1. The predicted molar refractivity (Wildman–Crippen MR) is 79.9 cm³/mol. The Morgan fingerprint density at radius 3 is 2.65 bits per heavy atom. The molecule has 0 atom stereocenters. The number of rotatable bonds is 5. The molecule has 1 aromatic rings. The van der Waals surface area contributed by atoms with E-state index in [-0.39, 0.29) is 0 Å². The van der Waals surface area contributed by atoms with E-state index < -0.39 is 0 Å². The summed E-state index contributed by atoms with van der Waals surface area (Å²) in [5.41, 5.74) is 7.12. The minimum Gasteiger partial charge on any atom is -0.494 e. The number of nitrogens with zero attached hydrogens (tertiary/aromatic N) is 2. The molecule has 0 unspecified atom stereocenters. The molecule has 5 heteroatoms. The molecular weight excluding hydrogens is 254 g/mol. The summed E-state index contributed by atoms with van der Waals surface area (Å²) >= 11 is 0. The van der Waals surface area contributed by atoms with Gasteiger partial charge in [0.1, 0.15) is 5.75 Å². The van der Waals surface area contributed by atoms with E-state index in [1.54, 1.807) is 0 Å². The summed E-state index contributed by atoms with van der Waals surface area (Å²) in [6.45, 7) is 6.52. The van der Waals surface area contributed by atoms with Gasteiger partial charge in [0.2, 0.25) is 0 Å². The first kappa shape index (κ1) is 14.7. The Hall–Kier alpha value is -1.75. The second-order valence-corrected chi connectivity index (χ2v) is 4.77. The van der Waals surface area contributed by atoms with Crippen molar-refractivity contribution in [3.63, 3.8) is 0 Å². The van der Waals surface area contributed by atoms with Crippen molar-refractivity contribution in [2.45, 2.75) is 19.9 Å². The smallest absolute Gasteiger partial charge is 0.191 e. The highest BCUT2D eigenvalue weighted by atomic mass is 16.5. The van der Waals surface area contributed by atoms with Crippen molar-refractivity contribution < 1.29 is 9.47 Å². The Morgan fingerprint density at radius 1 is 1.30 bits per heavy atom. The molecule has 1 aromatic carbocycles. The van der Waals surface area contributed by atoms with Crippen LogP contribution >= 0.6 is 0 Å². The topological polar surface area (TPSA) is 60.1 Å². The Kier molecular flexibility index (Phi) is 5.68. The average Bonchev–Trinajstić information content (AvgIpc) is 2.52. The van der Waals surface area contributed by atoms with Crippen LogP contribution in [0.5, 0.6) is 5.75 Å². The van der Waals surface area contributed by atoms with Gasteiger partial charge in [-0.1, -0.05) is 19.1 Å². The second kappa shape index (κ2) is 7.75. The van der Waals surface area contributed by atoms with E-state index in [1.165, 1.54) is 0 Å². The SMILES string of the molecule is CCCOc1ccc(CN=C(N)N2CCOCC2)cc1. The zero-order valence-electron chi connectivity index (χ0n) is 12.0. The molecule has 2 rings (SSSR count). The van der Waals surface area contributed by atoms with Crippen LogP contribution in [0.3, 0.4) is 0 Å². The molecule has 0 aromatic heterocycles. The Morgan fingerprint density at radius 2 is 2.00 bits per heavy atom. The van der Waals surface area contributed by atoms with Gasteiger partial charge in [-0.25, -0.2) is 4.99 Å². The van der Waals surface area contributed by atoms with Gasteiger partial charge in [-0.3, -0.25) is 0 Å². The molecular formula is C15H23N3O2. The zero-order valence-corrected chi connectivity index (χ0v) is 12.0. The molecule has 110 valence electrons. The Labute approximate surface area is 120 Å². The van der Waals surface area contributed by atoms with Gasteiger partial charge in [0, 0.05) is 13.1 Å². The predicted octanol–water partition coefficient (Wildman–Crippen LogP) is 1.62. The van der Waals surface area contributed by atoms with Crippen LogP contribution in [0.25, 0.3) is 0 Å². The van der Waals surface area contributed by atoms with Crippen molar-refractivity contribution in [2.75, 3.05) is 32.9 Å². The van der Waals surface area contributed by atoms with E-state index in [0.717, 1.165) is 50.6 Å². The average molecular weight is 277 g/mol. The van der Waals surface area contributed by atoms with E-state index in [2.05, 4.69) is 16.8 Å². The fraction of sp³-hybridized carbons (Fsp3) is 0.533. The number of nitrogens with two attached hydrogens (primary N) is 1. The monoisotopic (exact) mass is 277 g/mol. The van der Waals surface area contributed by atoms with Crippen molar-refractivity contribution >= 4 is 5.96 Å². The van der Waals surface area contributed by atoms with Crippen molar-refractivity contribution in [1.82, 2.24) is 4.90 Å². The summed E-state index contributed by atoms with van der Waals surface area (Å²) in [5, 5.41) is 0. The van der Waals surface area contributed by atoms with Crippen molar-refractivity contribution in [3.8, 4) is 5.75 Å². The first-order valence-corrected chi connectivity index (χ1v) is 7.14. The zero-order chi connectivity index (χ0) is 14.2. The van der Waals surface area contributed by atoms with Gasteiger partial charge in [0.05, 0.1) is 26.4 Å². The summed E-state index contributed by atoms with van der Waals surface area (Å²) in [6, 6.07) is 8.01. The molecule has 0 spiro atoms. The van der Waals surface area contributed by atoms with Crippen LogP contribution < -0.4 is 10.5 Å². The van der Waals surface area contributed by atoms with Gasteiger partial charge in [-0.05, 0) is 24.1 Å². The molecule has 0 saturated carbocycles. The third-order valence-corrected chi connectivity index (χ3v) is 3.15. The number of hydrogen-bond acceptors (Lipinski definition) is 3. The lowest BCUT2D eigenvalue weighted by Gasteiger charge is -2.27. The summed E-state index contributed by atoms with van der Waals surface area (Å²) in [7, 11) is 0. The minimum atomic E-state index is 0.594. The van der Waals surface area contributed by atoms with E-state index in [4.69, 9.17) is 15.2 Å². The fourth-order valence-corrected chi connectivity index (χ4v) is 1.98. The lowest BCUT2D eigenvalue weighted by atomic mass is 10.2. The maximum atomic E-state index is 5.99. The number of guanidine groups is 1. The van der Waals surface area contributed by atoms with Crippen LogP contribution in [0.1, 0.15) is 18.9 Å². The number of benzene rings is 1. The van der Waals surface area contributed by atoms with E-state index >= 15 is 0 Å². The van der Waals surface area contributed by atoms with Crippen LogP contribution in [0.2, 0.25) is 0 Å². The van der Waals surface area contributed by atoms with E-state index in [9.17, 15) is 0 Å². The van der Waals surface area contributed by atoms with Gasteiger partial charge >= 0.3 is 0 Å². The lowest BCUT2D eigenvalue weighted by molar-refractivity contribution is 0.0674. The maximum Gasteiger partial charge on any atom is 0.191 e. The lowest BCUT2D eigenvalue weighted by Crippen LogP contribution is -2.44. The first-order chi connectivity index (χ1) is 9.79. The van der Waals surface area contributed by atoms with E-state index in [0.29, 0.717) is 12.5 Å². The van der Waals surface area contributed by atoms with Crippen LogP contribution in [0.4, 0.5) is 0 Å². The molecule has 1 saturated heterocycles. The normalized spacial score (nSPS) is 16.2. The number of ether oxygens (including phenoxy) is 2. The van der Waals surface area contributed by atoms with E-state index in [1.807, 2.05) is 24.3 Å². The molecule has 1 aliphatic rings. The summed E-state index contributed by atoms with van der Waals surface area (Å²) in [6.07, 6.45) is 1.02. The molecule has 2 N–H and O–H groups in total. The molecule has 0 radical (unpaired) electrons.